The highest BCUT2D eigenvalue weighted by Crippen LogP contribution is 2.31. The average molecular weight is 290 g/mol. The van der Waals surface area contributed by atoms with Gasteiger partial charge in [0.05, 0.1) is 18.1 Å². The summed E-state index contributed by atoms with van der Waals surface area (Å²) in [4.78, 5) is 19.7. The number of methoxy groups -OCH3 is 1. The molecular weight excluding hydrogens is 272 g/mol. The number of aromatic nitrogens is 2. The van der Waals surface area contributed by atoms with Gasteiger partial charge in [-0.3, -0.25) is 0 Å². The Labute approximate surface area is 122 Å². The maximum Gasteiger partial charge on any atom is 0.341 e. The average Bonchev–Trinajstić information content (AvgIpc) is 2.42. The van der Waals surface area contributed by atoms with Gasteiger partial charge >= 0.3 is 5.97 Å². The van der Waals surface area contributed by atoms with Crippen molar-refractivity contribution in [2.45, 2.75) is 26.2 Å². The van der Waals surface area contributed by atoms with Gasteiger partial charge in [-0.2, -0.15) is 0 Å². The van der Waals surface area contributed by atoms with E-state index >= 15 is 0 Å². The van der Waals surface area contributed by atoms with Crippen LogP contribution in [0.1, 0.15) is 26.5 Å². The van der Waals surface area contributed by atoms with Gasteiger partial charge in [0.15, 0.2) is 6.61 Å². The summed E-state index contributed by atoms with van der Waals surface area (Å²) in [5.74, 6) is -0.155. The van der Waals surface area contributed by atoms with Crippen molar-refractivity contribution in [2.75, 3.05) is 13.7 Å². The lowest BCUT2D eigenvalue weighted by molar-refractivity contribution is -0.139. The first-order chi connectivity index (χ1) is 9.81. The number of nitrogens with zero attached hydrogens (tertiary/aromatic N) is 2. The number of carboxylic acid groups (broad SMARTS) is 1. The molecule has 1 aromatic carbocycles. The molecule has 0 aliphatic heterocycles. The van der Waals surface area contributed by atoms with Gasteiger partial charge < -0.3 is 14.6 Å². The summed E-state index contributed by atoms with van der Waals surface area (Å²) in [6, 6.07) is 5.36. The zero-order valence-electron chi connectivity index (χ0n) is 12.5. The Balaban J connectivity index is 2.57. The Kier molecular flexibility index (Phi) is 3.97. The smallest absolute Gasteiger partial charge is 0.341 e. The van der Waals surface area contributed by atoms with Crippen molar-refractivity contribution >= 4 is 17.0 Å². The van der Waals surface area contributed by atoms with Gasteiger partial charge in [-0.25, -0.2) is 14.8 Å². The number of aliphatic carboxylic acids is 1. The van der Waals surface area contributed by atoms with Gasteiger partial charge in [-0.05, 0) is 12.1 Å². The number of hydrogen-bond acceptors (Lipinski definition) is 5. The van der Waals surface area contributed by atoms with Crippen LogP contribution in [-0.4, -0.2) is 34.8 Å². The molecule has 0 unspecified atom stereocenters. The van der Waals surface area contributed by atoms with Crippen LogP contribution in [0, 0.1) is 0 Å². The molecule has 2 aromatic rings. The highest BCUT2D eigenvalue weighted by molar-refractivity contribution is 5.77. The molecule has 0 saturated heterocycles. The molecule has 0 aliphatic carbocycles. The second-order valence-corrected chi connectivity index (χ2v) is 5.66. The summed E-state index contributed by atoms with van der Waals surface area (Å²) in [7, 11) is 1.57. The lowest BCUT2D eigenvalue weighted by Crippen LogP contribution is -2.19. The lowest BCUT2D eigenvalue weighted by atomic mass is 9.92. The first kappa shape index (κ1) is 15.0. The monoisotopic (exact) mass is 290 g/mol. The second kappa shape index (κ2) is 5.55. The first-order valence-corrected chi connectivity index (χ1v) is 6.52. The predicted molar refractivity (Wildman–Crippen MR) is 77.9 cm³/mol. The zero-order chi connectivity index (χ0) is 15.6. The third-order valence-electron chi connectivity index (χ3n) is 2.88. The van der Waals surface area contributed by atoms with Crippen molar-refractivity contribution in [2.24, 2.45) is 0 Å². The molecule has 1 heterocycles. The number of hydrogen-bond donors (Lipinski definition) is 1. The Bertz CT molecular complexity index is 677. The summed E-state index contributed by atoms with van der Waals surface area (Å²) in [5, 5.41) is 8.77. The maximum absolute atomic E-state index is 10.7. The highest BCUT2D eigenvalue weighted by Gasteiger charge is 2.24. The molecule has 0 bridgehead atoms. The van der Waals surface area contributed by atoms with Gasteiger partial charge in [-0.1, -0.05) is 20.8 Å². The second-order valence-electron chi connectivity index (χ2n) is 5.66. The van der Waals surface area contributed by atoms with Crippen molar-refractivity contribution in [1.82, 2.24) is 9.97 Å². The van der Waals surface area contributed by atoms with E-state index in [1.165, 1.54) is 0 Å². The molecule has 21 heavy (non-hydrogen) atoms. The van der Waals surface area contributed by atoms with Crippen molar-refractivity contribution < 1.29 is 19.4 Å². The standard InChI is InChI=1S/C15H18N2O4/c1-15(2,3)13-14(21-8-12(18)19)17-11-7-9(20-4)5-6-10(11)16-13/h5-7H,8H2,1-4H3,(H,18,19). The summed E-state index contributed by atoms with van der Waals surface area (Å²) in [5.41, 5.74) is 1.63. The minimum absolute atomic E-state index is 0.241. The first-order valence-electron chi connectivity index (χ1n) is 6.52. The van der Waals surface area contributed by atoms with Crippen LogP contribution < -0.4 is 9.47 Å². The van der Waals surface area contributed by atoms with Gasteiger partial charge in [0, 0.05) is 11.5 Å². The molecule has 2 rings (SSSR count). The molecule has 0 radical (unpaired) electrons. The van der Waals surface area contributed by atoms with E-state index in [0.717, 1.165) is 0 Å². The molecule has 0 saturated carbocycles. The Morgan fingerprint density at radius 2 is 1.95 bits per heavy atom. The fraction of sp³-hybridized carbons (Fsp3) is 0.400. The molecule has 1 N–H and O–H groups in total. The van der Waals surface area contributed by atoms with E-state index in [9.17, 15) is 4.79 Å². The quantitative estimate of drug-likeness (QED) is 0.931. The zero-order valence-corrected chi connectivity index (χ0v) is 12.5. The van der Waals surface area contributed by atoms with Crippen LogP contribution in [0.5, 0.6) is 11.6 Å². The number of benzene rings is 1. The van der Waals surface area contributed by atoms with Crippen molar-refractivity contribution in [3.8, 4) is 11.6 Å². The number of carboxylic acids is 1. The van der Waals surface area contributed by atoms with Crippen molar-refractivity contribution in [1.29, 1.82) is 0 Å². The number of rotatable bonds is 4. The van der Waals surface area contributed by atoms with E-state index in [2.05, 4.69) is 9.97 Å². The van der Waals surface area contributed by atoms with E-state index < -0.39 is 12.6 Å². The molecular formula is C15H18N2O4. The van der Waals surface area contributed by atoms with Crippen LogP contribution in [0.3, 0.4) is 0 Å². The molecule has 1 aromatic heterocycles. The van der Waals surface area contributed by atoms with E-state index in [1.807, 2.05) is 26.8 Å². The van der Waals surface area contributed by atoms with E-state index in [1.54, 1.807) is 19.2 Å². The fourth-order valence-corrected chi connectivity index (χ4v) is 1.86. The minimum Gasteiger partial charge on any atom is -0.497 e. The molecule has 0 atom stereocenters. The predicted octanol–water partition coefficient (Wildman–Crippen LogP) is 2.40. The van der Waals surface area contributed by atoms with E-state index in [-0.39, 0.29) is 11.3 Å². The van der Waals surface area contributed by atoms with Crippen LogP contribution in [0.4, 0.5) is 0 Å². The lowest BCUT2D eigenvalue weighted by Gasteiger charge is -2.20. The number of ether oxygens (including phenoxy) is 2. The summed E-state index contributed by atoms with van der Waals surface area (Å²) in [6.07, 6.45) is 0. The SMILES string of the molecule is COc1ccc2nc(C(C)(C)C)c(OCC(=O)O)nc2c1. The van der Waals surface area contributed by atoms with Crippen LogP contribution >= 0.6 is 0 Å². The third kappa shape index (κ3) is 3.39. The highest BCUT2D eigenvalue weighted by atomic mass is 16.5. The normalized spacial score (nSPS) is 11.4. The summed E-state index contributed by atoms with van der Waals surface area (Å²) < 4.78 is 10.4. The molecule has 0 aliphatic rings. The van der Waals surface area contributed by atoms with Gasteiger partial charge in [0.1, 0.15) is 11.4 Å². The summed E-state index contributed by atoms with van der Waals surface area (Å²) >= 11 is 0. The van der Waals surface area contributed by atoms with Crippen LogP contribution in [0.2, 0.25) is 0 Å². The topological polar surface area (TPSA) is 81.5 Å². The number of carbonyl (C=O) groups is 1. The van der Waals surface area contributed by atoms with Gasteiger partial charge in [-0.15, -0.1) is 0 Å². The molecule has 112 valence electrons. The molecule has 0 amide bonds. The minimum atomic E-state index is -1.05. The summed E-state index contributed by atoms with van der Waals surface area (Å²) in [6.45, 7) is 5.47. The Morgan fingerprint density at radius 3 is 2.52 bits per heavy atom. The Morgan fingerprint density at radius 1 is 1.24 bits per heavy atom. The Hall–Kier alpha value is -2.37. The fourth-order valence-electron chi connectivity index (χ4n) is 1.86. The third-order valence-corrected chi connectivity index (χ3v) is 2.88. The number of fused-ring (bicyclic) bond motifs is 1. The van der Waals surface area contributed by atoms with Crippen molar-refractivity contribution in [3.05, 3.63) is 23.9 Å². The maximum atomic E-state index is 10.7. The van der Waals surface area contributed by atoms with Crippen molar-refractivity contribution in [3.63, 3.8) is 0 Å². The van der Waals surface area contributed by atoms with E-state index in [0.29, 0.717) is 22.5 Å². The largest absolute Gasteiger partial charge is 0.497 e. The molecule has 6 heteroatoms. The molecule has 0 fully saturated rings. The van der Waals surface area contributed by atoms with Gasteiger partial charge in [0.25, 0.3) is 0 Å². The van der Waals surface area contributed by atoms with E-state index in [4.69, 9.17) is 14.6 Å². The molecule has 0 spiro atoms. The van der Waals surface area contributed by atoms with Crippen LogP contribution in [0.25, 0.3) is 11.0 Å². The molecule has 6 nitrogen and oxygen atoms in total. The van der Waals surface area contributed by atoms with Crippen LogP contribution in [0.15, 0.2) is 18.2 Å². The van der Waals surface area contributed by atoms with Crippen LogP contribution in [-0.2, 0) is 10.2 Å². The van der Waals surface area contributed by atoms with Gasteiger partial charge in [0.2, 0.25) is 5.88 Å².